The number of pyridine rings is 1. The maximum absolute atomic E-state index is 4.26. The van der Waals surface area contributed by atoms with Crippen molar-refractivity contribution < 1.29 is 0 Å². The topological polar surface area (TPSA) is 24.9 Å². The molecule has 0 saturated heterocycles. The average Bonchev–Trinajstić information content (AvgIpc) is 2.73. The first-order valence-corrected chi connectivity index (χ1v) is 7.96. The van der Waals surface area contributed by atoms with Crippen LogP contribution in [0.4, 0.5) is 0 Å². The van der Waals surface area contributed by atoms with Crippen LogP contribution in [0.1, 0.15) is 50.5 Å². The fraction of sp³-hybridized carbons (Fsp3) is 0.500. The number of hydrogen-bond acceptors (Lipinski definition) is 2. The highest BCUT2D eigenvalue weighted by Gasteiger charge is 2.25. The van der Waals surface area contributed by atoms with Crippen LogP contribution in [-0.4, -0.2) is 17.6 Å². The average molecular weight is 268 g/mol. The van der Waals surface area contributed by atoms with Crippen LogP contribution in [0.15, 0.2) is 36.7 Å². The van der Waals surface area contributed by atoms with Crippen molar-refractivity contribution in [3.05, 3.63) is 42.2 Å². The van der Waals surface area contributed by atoms with E-state index in [-0.39, 0.29) is 0 Å². The lowest BCUT2D eigenvalue weighted by Gasteiger charge is -2.27. The molecule has 1 saturated carbocycles. The molecule has 2 atom stereocenters. The summed E-state index contributed by atoms with van der Waals surface area (Å²) >= 11 is 0. The summed E-state index contributed by atoms with van der Waals surface area (Å²) in [4.78, 5) is 4.26. The van der Waals surface area contributed by atoms with E-state index in [0.29, 0.717) is 12.0 Å². The molecule has 1 heterocycles. The molecule has 0 bridgehead atoms. The number of nitrogens with zero attached hydrogens (tertiary/aromatic N) is 1. The zero-order valence-corrected chi connectivity index (χ0v) is 12.3. The molecular formula is C18H24N2. The summed E-state index contributed by atoms with van der Waals surface area (Å²) in [5.41, 5.74) is 1.51. The Kier molecular flexibility index (Phi) is 4.31. The molecule has 0 spiro atoms. The lowest BCUT2D eigenvalue weighted by molar-refractivity contribution is 0.421. The first-order chi connectivity index (χ1) is 9.90. The van der Waals surface area contributed by atoms with Gasteiger partial charge >= 0.3 is 0 Å². The Balaban J connectivity index is 2.02. The summed E-state index contributed by atoms with van der Waals surface area (Å²) in [6.45, 7) is 3.28. The Hall–Kier alpha value is -1.41. The molecule has 2 heteroatoms. The number of likely N-dealkylation sites (N-methyl/N-ethyl adjacent to an activating group) is 1. The fourth-order valence-corrected chi connectivity index (χ4v) is 3.66. The normalized spacial score (nSPS) is 23.6. The second kappa shape index (κ2) is 6.36. The summed E-state index contributed by atoms with van der Waals surface area (Å²) in [6, 6.07) is 9.49. The highest BCUT2D eigenvalue weighted by atomic mass is 14.9. The van der Waals surface area contributed by atoms with Crippen molar-refractivity contribution in [2.75, 3.05) is 6.54 Å². The standard InChI is InChI=1S/C18H24N2/c1-2-20-18-10-5-3-4-8-17(18)16-9-6-7-14-13-19-12-11-15(14)16/h6-7,9,11-13,17-18,20H,2-5,8,10H2,1H3. The van der Waals surface area contributed by atoms with Crippen molar-refractivity contribution in [1.29, 1.82) is 0 Å². The molecule has 106 valence electrons. The van der Waals surface area contributed by atoms with Gasteiger partial charge in [-0.25, -0.2) is 0 Å². The van der Waals surface area contributed by atoms with Gasteiger partial charge < -0.3 is 5.32 Å². The van der Waals surface area contributed by atoms with Crippen LogP contribution in [0.25, 0.3) is 10.8 Å². The molecule has 1 fully saturated rings. The first kappa shape index (κ1) is 13.6. The third kappa shape index (κ3) is 2.71. The second-order valence-corrected chi connectivity index (χ2v) is 5.85. The Morgan fingerprint density at radius 3 is 2.95 bits per heavy atom. The van der Waals surface area contributed by atoms with Gasteiger partial charge in [0.05, 0.1) is 0 Å². The number of aromatic nitrogens is 1. The Labute approximate surface area is 121 Å². The minimum Gasteiger partial charge on any atom is -0.314 e. The van der Waals surface area contributed by atoms with Gasteiger partial charge in [-0.1, -0.05) is 44.4 Å². The van der Waals surface area contributed by atoms with Crippen LogP contribution in [0, 0.1) is 0 Å². The maximum Gasteiger partial charge on any atom is 0.0346 e. The van der Waals surface area contributed by atoms with Crippen molar-refractivity contribution in [2.24, 2.45) is 0 Å². The molecule has 0 amide bonds. The number of hydrogen-bond donors (Lipinski definition) is 1. The van der Waals surface area contributed by atoms with Crippen molar-refractivity contribution in [2.45, 2.75) is 51.0 Å². The van der Waals surface area contributed by atoms with Crippen molar-refractivity contribution in [3.8, 4) is 0 Å². The van der Waals surface area contributed by atoms with E-state index in [1.807, 2.05) is 12.4 Å². The molecule has 1 aromatic heterocycles. The van der Waals surface area contributed by atoms with E-state index in [9.17, 15) is 0 Å². The molecule has 1 aliphatic carbocycles. The van der Waals surface area contributed by atoms with Crippen LogP contribution < -0.4 is 5.32 Å². The van der Waals surface area contributed by atoms with Crippen LogP contribution in [0.2, 0.25) is 0 Å². The molecule has 2 nitrogen and oxygen atoms in total. The zero-order chi connectivity index (χ0) is 13.8. The lowest BCUT2D eigenvalue weighted by atomic mass is 9.85. The smallest absolute Gasteiger partial charge is 0.0346 e. The summed E-state index contributed by atoms with van der Waals surface area (Å²) in [7, 11) is 0. The first-order valence-electron chi connectivity index (χ1n) is 7.96. The van der Waals surface area contributed by atoms with E-state index < -0.39 is 0 Å². The van der Waals surface area contributed by atoms with E-state index in [0.717, 1.165) is 6.54 Å². The van der Waals surface area contributed by atoms with E-state index >= 15 is 0 Å². The van der Waals surface area contributed by atoms with Gasteiger partial charge in [0.15, 0.2) is 0 Å². The van der Waals surface area contributed by atoms with Crippen LogP contribution in [0.5, 0.6) is 0 Å². The van der Waals surface area contributed by atoms with Crippen LogP contribution in [0.3, 0.4) is 0 Å². The quantitative estimate of drug-likeness (QED) is 0.841. The Morgan fingerprint density at radius 2 is 2.05 bits per heavy atom. The molecule has 1 aliphatic rings. The summed E-state index contributed by atoms with van der Waals surface area (Å²) < 4.78 is 0. The van der Waals surface area contributed by atoms with E-state index in [2.05, 4.69) is 41.5 Å². The third-order valence-electron chi connectivity index (χ3n) is 4.60. The molecule has 3 rings (SSSR count). The summed E-state index contributed by atoms with van der Waals surface area (Å²) in [5.74, 6) is 0.642. The van der Waals surface area contributed by atoms with Gasteiger partial charge in [-0.2, -0.15) is 0 Å². The predicted octanol–water partition coefficient (Wildman–Crippen LogP) is 4.26. The molecule has 0 radical (unpaired) electrons. The van der Waals surface area contributed by atoms with Crippen molar-refractivity contribution in [1.82, 2.24) is 10.3 Å². The number of nitrogens with one attached hydrogen (secondary N) is 1. The van der Waals surface area contributed by atoms with Gasteiger partial charge in [0.25, 0.3) is 0 Å². The highest BCUT2D eigenvalue weighted by Crippen LogP contribution is 2.35. The lowest BCUT2D eigenvalue weighted by Crippen LogP contribution is -2.34. The fourth-order valence-electron chi connectivity index (χ4n) is 3.66. The van der Waals surface area contributed by atoms with E-state index in [4.69, 9.17) is 0 Å². The molecule has 20 heavy (non-hydrogen) atoms. The van der Waals surface area contributed by atoms with Gasteiger partial charge in [-0.15, -0.1) is 0 Å². The van der Waals surface area contributed by atoms with Gasteiger partial charge in [0.1, 0.15) is 0 Å². The molecular weight excluding hydrogens is 244 g/mol. The van der Waals surface area contributed by atoms with Gasteiger partial charge in [0, 0.05) is 23.8 Å². The second-order valence-electron chi connectivity index (χ2n) is 5.85. The minimum absolute atomic E-state index is 0.626. The minimum atomic E-state index is 0.626. The van der Waals surface area contributed by atoms with Crippen LogP contribution in [-0.2, 0) is 0 Å². The van der Waals surface area contributed by atoms with Crippen LogP contribution >= 0.6 is 0 Å². The van der Waals surface area contributed by atoms with Crippen molar-refractivity contribution in [3.63, 3.8) is 0 Å². The Bertz CT molecular complexity index is 559. The molecule has 1 aromatic carbocycles. The van der Waals surface area contributed by atoms with Gasteiger partial charge in [0.2, 0.25) is 0 Å². The van der Waals surface area contributed by atoms with Gasteiger partial charge in [-0.3, -0.25) is 4.98 Å². The van der Waals surface area contributed by atoms with E-state index in [1.165, 1.54) is 48.4 Å². The van der Waals surface area contributed by atoms with Crippen molar-refractivity contribution >= 4 is 10.8 Å². The largest absolute Gasteiger partial charge is 0.314 e. The summed E-state index contributed by atoms with van der Waals surface area (Å²) in [5, 5.41) is 6.38. The maximum atomic E-state index is 4.26. The third-order valence-corrected chi connectivity index (χ3v) is 4.60. The Morgan fingerprint density at radius 1 is 1.15 bits per heavy atom. The SMILES string of the molecule is CCNC1CCCCCC1c1cccc2cnccc12. The molecule has 2 unspecified atom stereocenters. The van der Waals surface area contributed by atoms with Gasteiger partial charge in [-0.05, 0) is 42.3 Å². The molecule has 0 aliphatic heterocycles. The molecule has 1 N–H and O–H groups in total. The molecule has 2 aromatic rings. The number of benzene rings is 1. The zero-order valence-electron chi connectivity index (χ0n) is 12.3. The number of fused-ring (bicyclic) bond motifs is 1. The monoisotopic (exact) mass is 268 g/mol. The van der Waals surface area contributed by atoms with E-state index in [1.54, 1.807) is 0 Å². The predicted molar refractivity (Wildman–Crippen MR) is 85.0 cm³/mol. The number of rotatable bonds is 3. The highest BCUT2D eigenvalue weighted by molar-refractivity contribution is 5.85. The summed E-state index contributed by atoms with van der Waals surface area (Å²) in [6.07, 6.45) is 10.6.